The average molecular weight is 247 g/mol. The number of hydrogen-bond donors (Lipinski definition) is 2. The van der Waals surface area contributed by atoms with Crippen molar-refractivity contribution in [3.8, 4) is 11.5 Å². The van der Waals surface area contributed by atoms with E-state index in [1.807, 2.05) is 38.4 Å². The molecule has 96 valence electrons. The lowest BCUT2D eigenvalue weighted by molar-refractivity contribution is 0.317. The number of benzene rings is 1. The van der Waals surface area contributed by atoms with Gasteiger partial charge in [-0.25, -0.2) is 0 Å². The molecule has 5 heteroatoms. The van der Waals surface area contributed by atoms with Crippen molar-refractivity contribution in [1.29, 1.82) is 0 Å². The highest BCUT2D eigenvalue weighted by atomic mass is 16.5. The van der Waals surface area contributed by atoms with Crippen molar-refractivity contribution in [3.05, 3.63) is 36.0 Å². The van der Waals surface area contributed by atoms with Crippen molar-refractivity contribution in [2.24, 2.45) is 7.05 Å². The third-order valence-corrected chi connectivity index (χ3v) is 2.56. The zero-order valence-corrected chi connectivity index (χ0v) is 10.6. The number of ether oxygens (including phenoxy) is 1. The second-order valence-corrected chi connectivity index (χ2v) is 3.93. The Morgan fingerprint density at radius 3 is 2.89 bits per heavy atom. The van der Waals surface area contributed by atoms with E-state index >= 15 is 0 Å². The van der Waals surface area contributed by atoms with Crippen molar-refractivity contribution >= 4 is 5.82 Å². The molecule has 1 aromatic carbocycles. The molecule has 0 atom stereocenters. The molecule has 0 saturated carbocycles. The highest BCUT2D eigenvalue weighted by molar-refractivity contribution is 5.47. The van der Waals surface area contributed by atoms with E-state index in [1.165, 1.54) is 0 Å². The lowest BCUT2D eigenvalue weighted by Gasteiger charge is -2.10. The van der Waals surface area contributed by atoms with Gasteiger partial charge < -0.3 is 15.2 Å². The van der Waals surface area contributed by atoms with Crippen molar-refractivity contribution in [2.75, 3.05) is 11.9 Å². The van der Waals surface area contributed by atoms with E-state index in [2.05, 4.69) is 10.4 Å². The van der Waals surface area contributed by atoms with Gasteiger partial charge in [-0.3, -0.25) is 4.68 Å². The zero-order chi connectivity index (χ0) is 13.0. The molecule has 0 aliphatic carbocycles. The molecule has 1 aromatic heterocycles. The number of aromatic nitrogens is 2. The molecule has 0 aliphatic heterocycles. The lowest BCUT2D eigenvalue weighted by atomic mass is 10.2. The summed E-state index contributed by atoms with van der Waals surface area (Å²) in [6, 6.07) is 7.35. The van der Waals surface area contributed by atoms with Gasteiger partial charge in [0.1, 0.15) is 5.82 Å². The van der Waals surface area contributed by atoms with E-state index in [4.69, 9.17) is 4.74 Å². The highest BCUT2D eigenvalue weighted by Gasteiger charge is 2.07. The van der Waals surface area contributed by atoms with Gasteiger partial charge in [0.05, 0.1) is 6.61 Å². The predicted octanol–water partition coefficient (Wildman–Crippen LogP) is 2.14. The summed E-state index contributed by atoms with van der Waals surface area (Å²) in [4.78, 5) is 0. The van der Waals surface area contributed by atoms with Gasteiger partial charge in [-0.15, -0.1) is 0 Å². The summed E-state index contributed by atoms with van der Waals surface area (Å²) in [5, 5.41) is 17.4. The molecule has 0 saturated heterocycles. The smallest absolute Gasteiger partial charge is 0.162 e. The monoisotopic (exact) mass is 247 g/mol. The van der Waals surface area contributed by atoms with Crippen LogP contribution in [0.2, 0.25) is 0 Å². The van der Waals surface area contributed by atoms with Crippen LogP contribution in [0.4, 0.5) is 5.82 Å². The number of hydrogen-bond acceptors (Lipinski definition) is 4. The standard InChI is InChI=1S/C13H17N3O2/c1-3-18-11-6-4-5-10(13(11)17)9-14-12-7-8-16(2)15-12/h4-8,17H,3,9H2,1-2H3,(H,14,15). The van der Waals surface area contributed by atoms with Gasteiger partial charge in [0.2, 0.25) is 0 Å². The highest BCUT2D eigenvalue weighted by Crippen LogP contribution is 2.30. The maximum absolute atomic E-state index is 10.0. The average Bonchev–Trinajstić information content (AvgIpc) is 2.77. The number of anilines is 1. The minimum Gasteiger partial charge on any atom is -0.504 e. The van der Waals surface area contributed by atoms with Gasteiger partial charge in [-0.2, -0.15) is 5.10 Å². The first-order valence-corrected chi connectivity index (χ1v) is 5.88. The van der Waals surface area contributed by atoms with Crippen LogP contribution in [0.1, 0.15) is 12.5 Å². The Kier molecular flexibility index (Phi) is 3.72. The maximum atomic E-state index is 10.0. The van der Waals surface area contributed by atoms with E-state index in [1.54, 1.807) is 10.7 Å². The molecule has 0 aliphatic rings. The van der Waals surface area contributed by atoms with Crippen LogP contribution in [0.5, 0.6) is 11.5 Å². The van der Waals surface area contributed by atoms with Crippen LogP contribution in [0.25, 0.3) is 0 Å². The molecule has 1 heterocycles. The fourth-order valence-corrected chi connectivity index (χ4v) is 1.68. The molecule has 2 rings (SSSR count). The molecule has 5 nitrogen and oxygen atoms in total. The molecule has 0 radical (unpaired) electrons. The molecule has 0 fully saturated rings. The summed E-state index contributed by atoms with van der Waals surface area (Å²) < 4.78 is 7.06. The van der Waals surface area contributed by atoms with Crippen molar-refractivity contribution in [3.63, 3.8) is 0 Å². The molecular formula is C13H17N3O2. The SMILES string of the molecule is CCOc1cccc(CNc2ccn(C)n2)c1O. The Labute approximate surface area is 106 Å². The van der Waals surface area contributed by atoms with Crippen molar-refractivity contribution < 1.29 is 9.84 Å². The van der Waals surface area contributed by atoms with Crippen LogP contribution < -0.4 is 10.1 Å². The second-order valence-electron chi connectivity index (χ2n) is 3.93. The van der Waals surface area contributed by atoms with Gasteiger partial charge >= 0.3 is 0 Å². The quantitative estimate of drug-likeness (QED) is 0.849. The summed E-state index contributed by atoms with van der Waals surface area (Å²) in [5.74, 6) is 1.47. The third-order valence-electron chi connectivity index (χ3n) is 2.56. The zero-order valence-electron chi connectivity index (χ0n) is 10.6. The molecule has 0 amide bonds. The predicted molar refractivity (Wildman–Crippen MR) is 69.8 cm³/mol. The molecular weight excluding hydrogens is 230 g/mol. The van der Waals surface area contributed by atoms with E-state index in [0.717, 1.165) is 11.4 Å². The van der Waals surface area contributed by atoms with Crippen LogP contribution in [-0.4, -0.2) is 21.5 Å². The van der Waals surface area contributed by atoms with Gasteiger partial charge in [0.25, 0.3) is 0 Å². The maximum Gasteiger partial charge on any atom is 0.162 e. The number of phenolic OH excluding ortho intramolecular Hbond substituents is 1. The summed E-state index contributed by atoms with van der Waals surface area (Å²) in [7, 11) is 1.86. The van der Waals surface area contributed by atoms with Crippen LogP contribution in [-0.2, 0) is 13.6 Å². The Balaban J connectivity index is 2.07. The van der Waals surface area contributed by atoms with E-state index in [-0.39, 0.29) is 5.75 Å². The fourth-order valence-electron chi connectivity index (χ4n) is 1.68. The number of nitrogens with one attached hydrogen (secondary N) is 1. The van der Waals surface area contributed by atoms with E-state index in [0.29, 0.717) is 18.9 Å². The summed E-state index contributed by atoms with van der Waals surface area (Å²) >= 11 is 0. The fraction of sp³-hybridized carbons (Fsp3) is 0.308. The first kappa shape index (κ1) is 12.3. The number of nitrogens with zero attached hydrogens (tertiary/aromatic N) is 2. The third kappa shape index (κ3) is 2.74. The van der Waals surface area contributed by atoms with Crippen LogP contribution in [0, 0.1) is 0 Å². The van der Waals surface area contributed by atoms with Gasteiger partial charge in [-0.05, 0) is 13.0 Å². The van der Waals surface area contributed by atoms with Crippen molar-refractivity contribution in [1.82, 2.24) is 9.78 Å². The first-order chi connectivity index (χ1) is 8.70. The molecule has 18 heavy (non-hydrogen) atoms. The number of aromatic hydroxyl groups is 1. The normalized spacial score (nSPS) is 10.3. The summed E-state index contributed by atoms with van der Waals surface area (Å²) in [6.07, 6.45) is 1.86. The topological polar surface area (TPSA) is 59.3 Å². The van der Waals surface area contributed by atoms with Gasteiger partial charge in [-0.1, -0.05) is 12.1 Å². The minimum atomic E-state index is 0.183. The number of phenols is 1. The Morgan fingerprint density at radius 2 is 2.22 bits per heavy atom. The van der Waals surface area contributed by atoms with Crippen molar-refractivity contribution in [2.45, 2.75) is 13.5 Å². The number of aryl methyl sites for hydroxylation is 1. The van der Waals surface area contributed by atoms with Crippen LogP contribution >= 0.6 is 0 Å². The first-order valence-electron chi connectivity index (χ1n) is 5.88. The Hall–Kier alpha value is -2.17. The van der Waals surface area contributed by atoms with Gasteiger partial charge in [0, 0.05) is 31.4 Å². The molecule has 0 bridgehead atoms. The van der Waals surface area contributed by atoms with E-state index < -0.39 is 0 Å². The largest absolute Gasteiger partial charge is 0.504 e. The van der Waals surface area contributed by atoms with Gasteiger partial charge in [0.15, 0.2) is 11.5 Å². The number of para-hydroxylation sites is 1. The van der Waals surface area contributed by atoms with Crippen LogP contribution in [0.3, 0.4) is 0 Å². The summed E-state index contributed by atoms with van der Waals surface area (Å²) in [5.41, 5.74) is 0.784. The lowest BCUT2D eigenvalue weighted by Crippen LogP contribution is -2.02. The molecule has 0 spiro atoms. The number of rotatable bonds is 5. The Bertz CT molecular complexity index is 523. The van der Waals surface area contributed by atoms with Crippen LogP contribution in [0.15, 0.2) is 30.5 Å². The Morgan fingerprint density at radius 1 is 1.39 bits per heavy atom. The minimum absolute atomic E-state index is 0.183. The van der Waals surface area contributed by atoms with E-state index in [9.17, 15) is 5.11 Å². The molecule has 0 unspecified atom stereocenters. The molecule has 2 aromatic rings. The summed E-state index contributed by atoms with van der Waals surface area (Å²) in [6.45, 7) is 2.92. The second kappa shape index (κ2) is 5.44. The molecule has 2 N–H and O–H groups in total.